The summed E-state index contributed by atoms with van der Waals surface area (Å²) in [5.74, 6) is -0.830. The lowest BCUT2D eigenvalue weighted by atomic mass is 9.95. The lowest BCUT2D eigenvalue weighted by Gasteiger charge is -2.30. The second kappa shape index (κ2) is 6.90. The number of anilines is 1. The van der Waals surface area contributed by atoms with Crippen LogP contribution in [0.25, 0.3) is 0 Å². The van der Waals surface area contributed by atoms with E-state index in [1.165, 1.54) is 24.3 Å². The number of carbonyl (C=O) groups excluding carboxylic acids is 1. The molecule has 0 aliphatic carbocycles. The SMILES string of the molecule is CC1=C(C(=O)Nc2ccccc2F)[C@@H](c2ccc(O)cc2)NC(=S)N1. The monoisotopic (exact) mass is 357 g/mol. The van der Waals surface area contributed by atoms with Crippen molar-refractivity contribution in [2.45, 2.75) is 13.0 Å². The minimum Gasteiger partial charge on any atom is -0.508 e. The molecule has 0 aromatic heterocycles. The minimum atomic E-state index is -0.513. The van der Waals surface area contributed by atoms with Gasteiger partial charge in [0.1, 0.15) is 11.6 Å². The Morgan fingerprint density at radius 2 is 1.88 bits per heavy atom. The average molecular weight is 357 g/mol. The van der Waals surface area contributed by atoms with Gasteiger partial charge in [0.2, 0.25) is 0 Å². The zero-order valence-corrected chi connectivity index (χ0v) is 14.2. The summed E-state index contributed by atoms with van der Waals surface area (Å²) in [6.45, 7) is 1.73. The highest BCUT2D eigenvalue weighted by Gasteiger charge is 2.30. The lowest BCUT2D eigenvalue weighted by molar-refractivity contribution is -0.113. The van der Waals surface area contributed by atoms with E-state index in [2.05, 4.69) is 16.0 Å². The van der Waals surface area contributed by atoms with Crippen molar-refractivity contribution in [3.05, 3.63) is 71.2 Å². The van der Waals surface area contributed by atoms with Crippen molar-refractivity contribution in [2.24, 2.45) is 0 Å². The Kier molecular flexibility index (Phi) is 4.67. The van der Waals surface area contributed by atoms with Crippen LogP contribution in [0.2, 0.25) is 0 Å². The molecule has 1 aliphatic heterocycles. The second-order valence-corrected chi connectivity index (χ2v) is 6.00. The van der Waals surface area contributed by atoms with Gasteiger partial charge < -0.3 is 21.1 Å². The molecule has 5 nitrogen and oxygen atoms in total. The van der Waals surface area contributed by atoms with E-state index in [1.807, 2.05) is 0 Å². The third-order valence-corrected chi connectivity index (χ3v) is 4.08. The maximum Gasteiger partial charge on any atom is 0.255 e. The molecule has 1 heterocycles. The average Bonchev–Trinajstić information content (AvgIpc) is 2.57. The maximum atomic E-state index is 13.8. The van der Waals surface area contributed by atoms with Crippen molar-refractivity contribution in [1.82, 2.24) is 10.6 Å². The number of benzene rings is 2. The van der Waals surface area contributed by atoms with Crippen LogP contribution in [0, 0.1) is 5.82 Å². The summed E-state index contributed by atoms with van der Waals surface area (Å²) in [6, 6.07) is 11.9. The van der Waals surface area contributed by atoms with Crippen molar-refractivity contribution < 1.29 is 14.3 Å². The van der Waals surface area contributed by atoms with Gasteiger partial charge in [-0.05, 0) is 49.0 Å². The Bertz CT molecular complexity index is 865. The molecule has 0 bridgehead atoms. The van der Waals surface area contributed by atoms with Crippen LogP contribution in [0.3, 0.4) is 0 Å². The Morgan fingerprint density at radius 3 is 2.56 bits per heavy atom. The third kappa shape index (κ3) is 3.61. The highest BCUT2D eigenvalue weighted by atomic mass is 32.1. The number of hydrogen-bond acceptors (Lipinski definition) is 3. The third-order valence-electron chi connectivity index (χ3n) is 3.86. The molecule has 0 fully saturated rings. The van der Waals surface area contributed by atoms with E-state index in [9.17, 15) is 14.3 Å². The van der Waals surface area contributed by atoms with Crippen molar-refractivity contribution >= 4 is 28.9 Å². The molecule has 0 unspecified atom stereocenters. The number of aromatic hydroxyl groups is 1. The van der Waals surface area contributed by atoms with Crippen molar-refractivity contribution in [3.8, 4) is 5.75 Å². The molecule has 25 heavy (non-hydrogen) atoms. The largest absolute Gasteiger partial charge is 0.508 e. The topological polar surface area (TPSA) is 73.4 Å². The van der Waals surface area contributed by atoms with E-state index in [1.54, 1.807) is 31.2 Å². The Labute approximate surface area is 149 Å². The first kappa shape index (κ1) is 16.9. The molecule has 2 aromatic rings. The quantitative estimate of drug-likeness (QED) is 0.636. The molecule has 1 amide bonds. The smallest absolute Gasteiger partial charge is 0.255 e. The summed E-state index contributed by atoms with van der Waals surface area (Å²) < 4.78 is 13.8. The van der Waals surface area contributed by atoms with Gasteiger partial charge in [-0.25, -0.2) is 4.39 Å². The molecule has 0 saturated heterocycles. The fourth-order valence-corrected chi connectivity index (χ4v) is 2.93. The zero-order valence-electron chi connectivity index (χ0n) is 13.3. The number of amides is 1. The summed E-state index contributed by atoms with van der Waals surface area (Å²) in [4.78, 5) is 12.8. The predicted molar refractivity (Wildman–Crippen MR) is 97.4 cm³/mol. The number of allylic oxidation sites excluding steroid dienone is 1. The Balaban J connectivity index is 1.96. The number of nitrogens with one attached hydrogen (secondary N) is 3. The molecular formula is C18H16FN3O2S. The predicted octanol–water partition coefficient (Wildman–Crippen LogP) is 2.96. The van der Waals surface area contributed by atoms with Gasteiger partial charge in [-0.1, -0.05) is 24.3 Å². The van der Waals surface area contributed by atoms with Crippen LogP contribution in [-0.2, 0) is 4.79 Å². The molecule has 7 heteroatoms. The summed E-state index contributed by atoms with van der Waals surface area (Å²) in [5, 5.41) is 18.4. The summed E-state index contributed by atoms with van der Waals surface area (Å²) in [5.41, 5.74) is 1.82. The fourth-order valence-electron chi connectivity index (χ4n) is 2.66. The number of hydrogen-bond donors (Lipinski definition) is 4. The van der Waals surface area contributed by atoms with Gasteiger partial charge in [-0.15, -0.1) is 0 Å². The molecule has 1 atom stereocenters. The van der Waals surface area contributed by atoms with Crippen LogP contribution in [0.4, 0.5) is 10.1 Å². The van der Waals surface area contributed by atoms with Gasteiger partial charge in [0.15, 0.2) is 5.11 Å². The number of halogens is 1. The highest BCUT2D eigenvalue weighted by Crippen LogP contribution is 2.29. The maximum absolute atomic E-state index is 13.8. The van der Waals surface area contributed by atoms with Crippen LogP contribution in [0.1, 0.15) is 18.5 Å². The van der Waals surface area contributed by atoms with Crippen LogP contribution >= 0.6 is 12.2 Å². The number of phenolic OH excluding ortho intramolecular Hbond substituents is 1. The van der Waals surface area contributed by atoms with Crippen LogP contribution in [-0.4, -0.2) is 16.1 Å². The van der Waals surface area contributed by atoms with Gasteiger partial charge >= 0.3 is 0 Å². The van der Waals surface area contributed by atoms with E-state index >= 15 is 0 Å². The van der Waals surface area contributed by atoms with Crippen LogP contribution in [0.5, 0.6) is 5.75 Å². The van der Waals surface area contributed by atoms with Gasteiger partial charge in [0.05, 0.1) is 17.3 Å². The van der Waals surface area contributed by atoms with E-state index < -0.39 is 17.8 Å². The van der Waals surface area contributed by atoms with E-state index in [4.69, 9.17) is 12.2 Å². The lowest BCUT2D eigenvalue weighted by Crippen LogP contribution is -2.45. The first-order chi connectivity index (χ1) is 12.0. The van der Waals surface area contributed by atoms with Crippen LogP contribution in [0.15, 0.2) is 59.8 Å². The highest BCUT2D eigenvalue weighted by molar-refractivity contribution is 7.80. The van der Waals surface area contributed by atoms with E-state index in [-0.39, 0.29) is 11.4 Å². The van der Waals surface area contributed by atoms with Gasteiger partial charge in [0.25, 0.3) is 5.91 Å². The molecule has 4 N–H and O–H groups in total. The van der Waals surface area contributed by atoms with Gasteiger partial charge in [0, 0.05) is 5.70 Å². The Hall–Kier alpha value is -2.93. The fraction of sp³-hybridized carbons (Fsp3) is 0.111. The first-order valence-electron chi connectivity index (χ1n) is 7.59. The zero-order chi connectivity index (χ0) is 18.0. The molecule has 128 valence electrons. The molecule has 0 radical (unpaired) electrons. The van der Waals surface area contributed by atoms with E-state index in [0.717, 1.165) is 5.56 Å². The first-order valence-corrected chi connectivity index (χ1v) is 7.99. The summed E-state index contributed by atoms with van der Waals surface area (Å²) in [6.07, 6.45) is 0. The number of phenols is 1. The number of para-hydroxylation sites is 1. The van der Waals surface area contributed by atoms with Crippen LogP contribution < -0.4 is 16.0 Å². The normalized spacial score (nSPS) is 16.9. The molecule has 0 saturated carbocycles. The number of carbonyl (C=O) groups is 1. The van der Waals surface area contributed by atoms with Crippen molar-refractivity contribution in [3.63, 3.8) is 0 Å². The molecule has 3 rings (SSSR count). The molecule has 1 aliphatic rings. The summed E-state index contributed by atoms with van der Waals surface area (Å²) >= 11 is 5.18. The minimum absolute atomic E-state index is 0.102. The number of rotatable bonds is 3. The molecule has 2 aromatic carbocycles. The Morgan fingerprint density at radius 1 is 1.20 bits per heavy atom. The van der Waals surface area contributed by atoms with Gasteiger partial charge in [-0.3, -0.25) is 4.79 Å². The molecular weight excluding hydrogens is 341 g/mol. The van der Waals surface area contributed by atoms with Gasteiger partial charge in [-0.2, -0.15) is 0 Å². The standard InChI is InChI=1S/C18H16FN3O2S/c1-10-15(17(24)21-14-5-3-2-4-13(14)19)16(22-18(25)20-10)11-6-8-12(23)9-7-11/h2-9,16,23H,1H3,(H,21,24)(H2,20,22,25)/t16-/m1/s1. The van der Waals surface area contributed by atoms with Crippen molar-refractivity contribution in [1.29, 1.82) is 0 Å². The molecule has 0 spiro atoms. The second-order valence-electron chi connectivity index (χ2n) is 5.60. The summed E-state index contributed by atoms with van der Waals surface area (Å²) in [7, 11) is 0. The van der Waals surface area contributed by atoms with E-state index in [0.29, 0.717) is 16.4 Å². The number of thiocarbonyl (C=S) groups is 1. The van der Waals surface area contributed by atoms with Crippen molar-refractivity contribution in [2.75, 3.05) is 5.32 Å².